The number of aromatic nitrogens is 2. The van der Waals surface area contributed by atoms with E-state index in [1.54, 1.807) is 0 Å². The summed E-state index contributed by atoms with van der Waals surface area (Å²) in [5.41, 5.74) is 0. The first-order chi connectivity index (χ1) is 19.2. The number of unbranched alkanes of at least 4 members (excludes halogenated alkanes) is 22. The van der Waals surface area contributed by atoms with Crippen molar-refractivity contribution in [2.45, 2.75) is 219 Å². The molecular weight excluding hydrogens is 472 g/mol. The standard InChI is InChI=1S/C37H72N2/c1-5-8-11-14-16-17-18-19-20-21-22-24-26-29-32-36(31-28-25-23-15-12-9-6-2)37-38-33-34-39(37)35(4)30-27-13-10-7-3/h33-36H,5-32H2,1-4H3/p+1. The van der Waals surface area contributed by atoms with Gasteiger partial charge in [0.15, 0.2) is 0 Å². The average molecular weight is 546 g/mol. The summed E-state index contributed by atoms with van der Waals surface area (Å²) >= 11 is 0. The first kappa shape index (κ1) is 36.2. The maximum atomic E-state index is 3.72. The third-order valence-corrected chi connectivity index (χ3v) is 9.14. The van der Waals surface area contributed by atoms with E-state index in [4.69, 9.17) is 0 Å². The van der Waals surface area contributed by atoms with Crippen LogP contribution in [0.1, 0.15) is 225 Å². The minimum Gasteiger partial charge on any atom is -0.247 e. The molecule has 1 aromatic heterocycles. The second-order valence-corrected chi connectivity index (χ2v) is 12.9. The quantitative estimate of drug-likeness (QED) is 0.0732. The van der Waals surface area contributed by atoms with Gasteiger partial charge in [0, 0.05) is 0 Å². The molecule has 0 aliphatic carbocycles. The summed E-state index contributed by atoms with van der Waals surface area (Å²) < 4.78 is 2.61. The van der Waals surface area contributed by atoms with Crippen LogP contribution in [-0.2, 0) is 0 Å². The zero-order chi connectivity index (χ0) is 28.2. The Morgan fingerprint density at radius 1 is 0.487 bits per heavy atom. The highest BCUT2D eigenvalue weighted by molar-refractivity contribution is 4.90. The Kier molecular flexibility index (Phi) is 25.4. The maximum absolute atomic E-state index is 3.72. The van der Waals surface area contributed by atoms with Crippen LogP contribution in [-0.4, -0.2) is 4.98 Å². The molecule has 0 aliphatic heterocycles. The molecule has 2 unspecified atom stereocenters. The molecule has 0 saturated carbocycles. The Hall–Kier alpha value is -0.790. The lowest BCUT2D eigenvalue weighted by molar-refractivity contribution is -0.727. The van der Waals surface area contributed by atoms with Gasteiger partial charge in [0.1, 0.15) is 12.4 Å². The second-order valence-electron chi connectivity index (χ2n) is 12.9. The smallest absolute Gasteiger partial charge is 0.247 e. The molecule has 1 heterocycles. The molecular formula is C37H73N2+. The monoisotopic (exact) mass is 546 g/mol. The number of hydrogen-bond acceptors (Lipinski definition) is 0. The molecule has 1 N–H and O–H groups in total. The molecule has 0 bridgehead atoms. The van der Waals surface area contributed by atoms with Crippen LogP contribution in [0.3, 0.4) is 0 Å². The number of rotatable bonds is 30. The number of aromatic amines is 1. The van der Waals surface area contributed by atoms with Crippen molar-refractivity contribution in [2.75, 3.05) is 0 Å². The van der Waals surface area contributed by atoms with Crippen molar-refractivity contribution in [3.05, 3.63) is 18.2 Å². The highest BCUT2D eigenvalue weighted by Gasteiger charge is 2.25. The lowest BCUT2D eigenvalue weighted by Crippen LogP contribution is -2.41. The number of imidazole rings is 1. The molecule has 2 atom stereocenters. The first-order valence-electron chi connectivity index (χ1n) is 18.3. The van der Waals surface area contributed by atoms with Gasteiger partial charge in [0.05, 0.1) is 12.0 Å². The average Bonchev–Trinajstić information content (AvgIpc) is 3.44. The summed E-state index contributed by atoms with van der Waals surface area (Å²) in [6.07, 6.45) is 44.3. The molecule has 230 valence electrons. The van der Waals surface area contributed by atoms with Crippen molar-refractivity contribution in [1.82, 2.24) is 4.98 Å². The van der Waals surface area contributed by atoms with E-state index in [0.717, 1.165) is 0 Å². The van der Waals surface area contributed by atoms with Crippen LogP contribution in [0.5, 0.6) is 0 Å². The summed E-state index contributed by atoms with van der Waals surface area (Å²) in [5.74, 6) is 2.24. The number of nitrogens with zero attached hydrogens (tertiary/aromatic N) is 1. The Bertz CT molecular complexity index is 606. The van der Waals surface area contributed by atoms with Crippen LogP contribution in [0.15, 0.2) is 12.4 Å². The molecule has 2 nitrogen and oxygen atoms in total. The highest BCUT2D eigenvalue weighted by Crippen LogP contribution is 2.27. The topological polar surface area (TPSA) is 19.7 Å². The molecule has 0 aromatic carbocycles. The molecule has 0 aliphatic rings. The van der Waals surface area contributed by atoms with Crippen LogP contribution < -0.4 is 4.57 Å². The van der Waals surface area contributed by atoms with Crippen molar-refractivity contribution in [2.24, 2.45) is 0 Å². The second kappa shape index (κ2) is 27.4. The van der Waals surface area contributed by atoms with Gasteiger partial charge >= 0.3 is 0 Å². The van der Waals surface area contributed by atoms with Crippen LogP contribution in [0.25, 0.3) is 0 Å². The molecule has 0 amide bonds. The van der Waals surface area contributed by atoms with Crippen LogP contribution in [0.2, 0.25) is 0 Å². The summed E-state index contributed by atoms with van der Waals surface area (Å²) in [7, 11) is 0. The van der Waals surface area contributed by atoms with Crippen LogP contribution in [0, 0.1) is 0 Å². The largest absolute Gasteiger partial charge is 0.257 e. The molecule has 2 heteroatoms. The minimum atomic E-state index is 0.621. The van der Waals surface area contributed by atoms with E-state index in [1.165, 1.54) is 186 Å². The van der Waals surface area contributed by atoms with E-state index < -0.39 is 0 Å². The highest BCUT2D eigenvalue weighted by atomic mass is 15.1. The predicted molar refractivity (Wildman–Crippen MR) is 175 cm³/mol. The summed E-state index contributed by atoms with van der Waals surface area (Å²) in [6.45, 7) is 9.39. The summed E-state index contributed by atoms with van der Waals surface area (Å²) in [5, 5.41) is 0. The summed E-state index contributed by atoms with van der Waals surface area (Å²) in [4.78, 5) is 3.72. The minimum absolute atomic E-state index is 0.621. The van der Waals surface area contributed by atoms with Gasteiger partial charge in [-0.15, -0.1) is 0 Å². The molecule has 39 heavy (non-hydrogen) atoms. The van der Waals surface area contributed by atoms with Crippen molar-refractivity contribution >= 4 is 0 Å². The normalized spacial score (nSPS) is 13.2. The molecule has 0 radical (unpaired) electrons. The fourth-order valence-electron chi connectivity index (χ4n) is 6.43. The molecule has 1 aromatic rings. The molecule has 0 saturated heterocycles. The third-order valence-electron chi connectivity index (χ3n) is 9.14. The van der Waals surface area contributed by atoms with Crippen LogP contribution >= 0.6 is 0 Å². The van der Waals surface area contributed by atoms with E-state index in [-0.39, 0.29) is 0 Å². The number of nitrogens with one attached hydrogen (secondary N) is 1. The van der Waals surface area contributed by atoms with Gasteiger partial charge in [-0.3, -0.25) is 0 Å². The van der Waals surface area contributed by atoms with Crippen molar-refractivity contribution < 1.29 is 4.57 Å². The zero-order valence-corrected chi connectivity index (χ0v) is 27.6. The molecule has 0 spiro atoms. The Labute approximate surface area is 246 Å². The SMILES string of the molecule is CCCCCCCCCCCCCCCCC(CCCCCCCCC)c1[nH]cc[n+]1C(C)CCCCCC. The predicted octanol–water partition coefficient (Wildman–Crippen LogP) is 12.9. The van der Waals surface area contributed by atoms with Gasteiger partial charge in [-0.1, -0.05) is 175 Å². The van der Waals surface area contributed by atoms with Gasteiger partial charge in [0.2, 0.25) is 0 Å². The lowest BCUT2D eigenvalue weighted by atomic mass is 9.92. The summed E-state index contributed by atoms with van der Waals surface area (Å²) in [6, 6.07) is 0.621. The van der Waals surface area contributed by atoms with Crippen molar-refractivity contribution in [1.29, 1.82) is 0 Å². The van der Waals surface area contributed by atoms with Gasteiger partial charge in [-0.25, -0.2) is 9.55 Å². The number of hydrogen-bond donors (Lipinski definition) is 1. The Morgan fingerprint density at radius 3 is 1.23 bits per heavy atom. The molecule has 0 fully saturated rings. The fraction of sp³-hybridized carbons (Fsp3) is 0.919. The van der Waals surface area contributed by atoms with Gasteiger partial charge < -0.3 is 0 Å². The van der Waals surface area contributed by atoms with Gasteiger partial charge in [0.25, 0.3) is 5.82 Å². The van der Waals surface area contributed by atoms with E-state index in [0.29, 0.717) is 12.0 Å². The third kappa shape index (κ3) is 19.8. The molecule has 1 rings (SSSR count). The van der Waals surface area contributed by atoms with Gasteiger partial charge in [-0.05, 0) is 32.6 Å². The van der Waals surface area contributed by atoms with E-state index in [2.05, 4.69) is 49.6 Å². The Balaban J connectivity index is 2.35. The van der Waals surface area contributed by atoms with Crippen molar-refractivity contribution in [3.63, 3.8) is 0 Å². The van der Waals surface area contributed by atoms with E-state index >= 15 is 0 Å². The maximum Gasteiger partial charge on any atom is 0.257 e. The van der Waals surface area contributed by atoms with E-state index in [9.17, 15) is 0 Å². The first-order valence-corrected chi connectivity index (χ1v) is 18.3. The zero-order valence-electron chi connectivity index (χ0n) is 27.6. The van der Waals surface area contributed by atoms with E-state index in [1.807, 2.05) is 0 Å². The van der Waals surface area contributed by atoms with Crippen LogP contribution in [0.4, 0.5) is 0 Å². The lowest BCUT2D eigenvalue weighted by Gasteiger charge is -2.17. The Morgan fingerprint density at radius 2 is 0.821 bits per heavy atom. The van der Waals surface area contributed by atoms with Crippen molar-refractivity contribution in [3.8, 4) is 0 Å². The van der Waals surface area contributed by atoms with Gasteiger partial charge in [-0.2, -0.15) is 0 Å². The fourth-order valence-corrected chi connectivity index (χ4v) is 6.43. The number of H-pyrrole nitrogens is 1.